The molecule has 0 radical (unpaired) electrons. The normalized spacial score (nSPS) is 12.6. The monoisotopic (exact) mass is 454 g/mol. The highest BCUT2D eigenvalue weighted by molar-refractivity contribution is 6.08. The van der Waals surface area contributed by atoms with Crippen LogP contribution >= 0.6 is 0 Å². The standard InChI is InChI=1S/C26H38N4O3/c1-7-29(5)14-10-11-15-30-20(3)25(22-12-8-9-13-23(22)30)26(32)28-17-21(18-31)24(33-6)16-19(2)27-4/h8-9,12-13,16,18,27H,7,10-11,14-15,17H2,1-6H3,(H,28,32)/b19-16-,24-21+. The number of allylic oxidation sites excluding steroid dienone is 2. The predicted octanol–water partition coefficient (Wildman–Crippen LogP) is 3.63. The van der Waals surface area contributed by atoms with Crippen LogP contribution in [0.1, 0.15) is 42.7 Å². The summed E-state index contributed by atoms with van der Waals surface area (Å²) in [6.07, 6.45) is 4.60. The number of aromatic nitrogens is 1. The van der Waals surface area contributed by atoms with Gasteiger partial charge in [0.1, 0.15) is 5.76 Å². The molecule has 1 amide bonds. The summed E-state index contributed by atoms with van der Waals surface area (Å²) in [5.41, 5.74) is 3.87. The van der Waals surface area contributed by atoms with Crippen molar-refractivity contribution in [2.24, 2.45) is 0 Å². The highest BCUT2D eigenvalue weighted by Crippen LogP contribution is 2.26. The first-order chi connectivity index (χ1) is 15.9. The van der Waals surface area contributed by atoms with Crippen LogP contribution < -0.4 is 10.6 Å². The number of carbonyl (C=O) groups excluding carboxylic acids is 2. The third kappa shape index (κ3) is 6.71. The van der Waals surface area contributed by atoms with Gasteiger partial charge in [-0.1, -0.05) is 25.1 Å². The van der Waals surface area contributed by atoms with Gasteiger partial charge in [0.05, 0.1) is 24.8 Å². The van der Waals surface area contributed by atoms with E-state index in [0.29, 0.717) is 16.9 Å². The van der Waals surface area contributed by atoms with Crippen molar-refractivity contribution in [1.82, 2.24) is 20.1 Å². The summed E-state index contributed by atoms with van der Waals surface area (Å²) in [5, 5.41) is 6.84. The number of nitrogens with one attached hydrogen (secondary N) is 2. The molecular formula is C26H38N4O3. The highest BCUT2D eigenvalue weighted by Gasteiger charge is 2.20. The number of methoxy groups -OCH3 is 1. The second-order valence-corrected chi connectivity index (χ2v) is 8.20. The van der Waals surface area contributed by atoms with Gasteiger partial charge in [-0.2, -0.15) is 0 Å². The second-order valence-electron chi connectivity index (χ2n) is 8.20. The summed E-state index contributed by atoms with van der Waals surface area (Å²) in [7, 11) is 5.43. The molecular weight excluding hydrogens is 416 g/mol. The third-order valence-corrected chi connectivity index (χ3v) is 6.03. The molecule has 180 valence electrons. The number of nitrogens with zero attached hydrogens (tertiary/aromatic N) is 2. The molecule has 0 saturated heterocycles. The molecule has 0 spiro atoms. The van der Waals surface area contributed by atoms with Crippen LogP contribution in [0.25, 0.3) is 10.9 Å². The third-order valence-electron chi connectivity index (χ3n) is 6.03. The quantitative estimate of drug-likeness (QED) is 0.159. The minimum absolute atomic E-state index is 0.0846. The number of unbranched alkanes of at least 4 members (excludes halogenated alkanes) is 1. The second kappa shape index (κ2) is 12.8. The summed E-state index contributed by atoms with van der Waals surface area (Å²) in [5.74, 6) is 0.227. The Balaban J connectivity index is 2.25. The number of hydrogen-bond acceptors (Lipinski definition) is 5. The van der Waals surface area contributed by atoms with Crippen molar-refractivity contribution in [3.8, 4) is 0 Å². The number of hydrogen-bond donors (Lipinski definition) is 2. The van der Waals surface area contributed by atoms with Crippen LogP contribution in [0.15, 0.2) is 47.4 Å². The topological polar surface area (TPSA) is 75.6 Å². The van der Waals surface area contributed by atoms with E-state index >= 15 is 0 Å². The fourth-order valence-electron chi connectivity index (χ4n) is 3.82. The number of ether oxygens (including phenoxy) is 1. The van der Waals surface area contributed by atoms with Gasteiger partial charge in [-0.3, -0.25) is 9.59 Å². The number of aldehydes is 1. The zero-order chi connectivity index (χ0) is 24.4. The van der Waals surface area contributed by atoms with Gasteiger partial charge < -0.3 is 24.8 Å². The lowest BCUT2D eigenvalue weighted by Gasteiger charge is -2.14. The maximum absolute atomic E-state index is 13.2. The molecule has 0 unspecified atom stereocenters. The Labute approximate surface area is 197 Å². The zero-order valence-corrected chi connectivity index (χ0v) is 20.8. The summed E-state index contributed by atoms with van der Waals surface area (Å²) in [6.45, 7) is 9.07. The first-order valence-electron chi connectivity index (χ1n) is 11.5. The Morgan fingerprint density at radius 3 is 2.61 bits per heavy atom. The predicted molar refractivity (Wildman–Crippen MR) is 134 cm³/mol. The molecule has 7 nitrogen and oxygen atoms in total. The Kier molecular flexibility index (Phi) is 10.2. The number of amides is 1. The zero-order valence-electron chi connectivity index (χ0n) is 20.8. The molecule has 0 aliphatic heterocycles. The fraction of sp³-hybridized carbons (Fsp3) is 0.462. The SMILES string of the molecule is CCN(C)CCCCn1c(C)c(C(=O)NC/C(C=O)=C(/C=C(/C)NC)OC)c2ccccc21. The molecule has 0 fully saturated rings. The van der Waals surface area contributed by atoms with Crippen molar-refractivity contribution < 1.29 is 14.3 Å². The molecule has 2 N–H and O–H groups in total. The van der Waals surface area contributed by atoms with Gasteiger partial charge in [0.25, 0.3) is 5.91 Å². The Morgan fingerprint density at radius 1 is 1.24 bits per heavy atom. The van der Waals surface area contributed by atoms with E-state index in [9.17, 15) is 9.59 Å². The van der Waals surface area contributed by atoms with Gasteiger partial charge in [0, 0.05) is 35.9 Å². The number of para-hydroxylation sites is 1. The fourth-order valence-corrected chi connectivity index (χ4v) is 3.82. The summed E-state index contributed by atoms with van der Waals surface area (Å²) in [4.78, 5) is 27.2. The van der Waals surface area contributed by atoms with E-state index in [-0.39, 0.29) is 12.5 Å². The Bertz CT molecular complexity index is 1020. The molecule has 33 heavy (non-hydrogen) atoms. The Hall–Kier alpha value is -3.06. The summed E-state index contributed by atoms with van der Waals surface area (Å²) >= 11 is 0. The Morgan fingerprint density at radius 2 is 1.97 bits per heavy atom. The number of rotatable bonds is 13. The molecule has 1 aromatic heterocycles. The van der Waals surface area contributed by atoms with Crippen molar-refractivity contribution >= 4 is 23.1 Å². The number of carbonyl (C=O) groups is 2. The average Bonchev–Trinajstić information content (AvgIpc) is 3.11. The van der Waals surface area contributed by atoms with Crippen LogP contribution in [0, 0.1) is 6.92 Å². The van der Waals surface area contributed by atoms with Crippen LogP contribution in [-0.4, -0.2) is 62.5 Å². The molecule has 1 aromatic carbocycles. The van der Waals surface area contributed by atoms with E-state index in [1.807, 2.05) is 32.0 Å². The first-order valence-corrected chi connectivity index (χ1v) is 11.5. The van der Waals surface area contributed by atoms with Crippen molar-refractivity contribution in [3.05, 3.63) is 58.6 Å². The van der Waals surface area contributed by atoms with Gasteiger partial charge in [-0.25, -0.2) is 0 Å². The molecule has 7 heteroatoms. The van der Waals surface area contributed by atoms with E-state index in [0.717, 1.165) is 61.1 Å². The molecule has 1 heterocycles. The first kappa shape index (κ1) is 26.2. The van der Waals surface area contributed by atoms with Crippen LogP contribution in [-0.2, 0) is 16.1 Å². The molecule has 2 rings (SSSR count). The van der Waals surface area contributed by atoms with Gasteiger partial charge in [0.2, 0.25) is 0 Å². The maximum Gasteiger partial charge on any atom is 0.254 e. The van der Waals surface area contributed by atoms with Gasteiger partial charge in [-0.05, 0) is 59.0 Å². The molecule has 0 aliphatic rings. The minimum Gasteiger partial charge on any atom is -0.496 e. The van der Waals surface area contributed by atoms with Crippen LogP contribution in [0.4, 0.5) is 0 Å². The van der Waals surface area contributed by atoms with E-state index < -0.39 is 0 Å². The summed E-state index contributed by atoms with van der Waals surface area (Å²) in [6, 6.07) is 7.99. The van der Waals surface area contributed by atoms with Gasteiger partial charge in [0.15, 0.2) is 6.29 Å². The van der Waals surface area contributed by atoms with Crippen LogP contribution in [0.5, 0.6) is 0 Å². The van der Waals surface area contributed by atoms with E-state index in [4.69, 9.17) is 4.74 Å². The molecule has 0 aliphatic carbocycles. The van der Waals surface area contributed by atoms with E-state index in [1.165, 1.54) is 7.11 Å². The smallest absolute Gasteiger partial charge is 0.254 e. The van der Waals surface area contributed by atoms with Gasteiger partial charge >= 0.3 is 0 Å². The van der Waals surface area contributed by atoms with Crippen molar-refractivity contribution in [2.45, 2.75) is 40.2 Å². The largest absolute Gasteiger partial charge is 0.496 e. The lowest BCUT2D eigenvalue weighted by molar-refractivity contribution is -0.105. The van der Waals surface area contributed by atoms with Gasteiger partial charge in [-0.15, -0.1) is 0 Å². The lowest BCUT2D eigenvalue weighted by atomic mass is 10.1. The van der Waals surface area contributed by atoms with Crippen LogP contribution in [0.2, 0.25) is 0 Å². The van der Waals surface area contributed by atoms with Crippen LogP contribution in [0.3, 0.4) is 0 Å². The lowest BCUT2D eigenvalue weighted by Crippen LogP contribution is -2.27. The van der Waals surface area contributed by atoms with Crippen molar-refractivity contribution in [1.29, 1.82) is 0 Å². The van der Waals surface area contributed by atoms with E-state index in [1.54, 1.807) is 13.1 Å². The maximum atomic E-state index is 13.2. The van der Waals surface area contributed by atoms with Crippen molar-refractivity contribution in [2.75, 3.05) is 40.8 Å². The highest BCUT2D eigenvalue weighted by atomic mass is 16.5. The molecule has 0 saturated carbocycles. The number of benzene rings is 1. The molecule has 2 aromatic rings. The minimum atomic E-state index is -0.197. The number of fused-ring (bicyclic) bond motifs is 1. The molecule has 0 atom stereocenters. The van der Waals surface area contributed by atoms with Crippen molar-refractivity contribution in [3.63, 3.8) is 0 Å². The summed E-state index contributed by atoms with van der Waals surface area (Å²) < 4.78 is 7.59. The number of aryl methyl sites for hydroxylation is 1. The molecule has 0 bridgehead atoms. The average molecular weight is 455 g/mol. The van der Waals surface area contributed by atoms with E-state index in [2.05, 4.69) is 40.1 Å².